The van der Waals surface area contributed by atoms with Crippen LogP contribution in [0.1, 0.15) is 27.2 Å². The number of carbonyl (C=O) groups excluding carboxylic acids is 1. The lowest BCUT2D eigenvalue weighted by Gasteiger charge is -2.23. The fourth-order valence-corrected chi connectivity index (χ4v) is 3.98. The highest BCUT2D eigenvalue weighted by molar-refractivity contribution is 7.92. The molecule has 1 N–H and O–H groups in total. The molecule has 6 nitrogen and oxygen atoms in total. The van der Waals surface area contributed by atoms with Crippen molar-refractivity contribution in [2.45, 2.75) is 38.1 Å². The minimum Gasteiger partial charge on any atom is -0.484 e. The Morgan fingerprint density at radius 1 is 1.07 bits per heavy atom. The maximum atomic E-state index is 12.8. The molecule has 146 valence electrons. The number of nitrogens with zero attached hydrogens (tertiary/aromatic N) is 1. The van der Waals surface area contributed by atoms with Gasteiger partial charge in [-0.1, -0.05) is 25.1 Å². The Kier molecular flexibility index (Phi) is 7.24. The molecular formula is C20H26N2O4S. The van der Waals surface area contributed by atoms with Crippen LogP contribution in [-0.2, 0) is 14.8 Å². The minimum atomic E-state index is -3.63. The molecule has 2 rings (SSSR count). The first kappa shape index (κ1) is 20.8. The molecular weight excluding hydrogens is 364 g/mol. The van der Waals surface area contributed by atoms with Crippen LogP contribution in [0.25, 0.3) is 0 Å². The Labute approximate surface area is 161 Å². The molecule has 7 heteroatoms. The van der Waals surface area contributed by atoms with E-state index in [1.54, 1.807) is 61.5 Å². The van der Waals surface area contributed by atoms with Gasteiger partial charge in [0.1, 0.15) is 5.75 Å². The minimum absolute atomic E-state index is 0.0799. The zero-order valence-electron chi connectivity index (χ0n) is 15.9. The van der Waals surface area contributed by atoms with E-state index in [0.29, 0.717) is 18.0 Å². The summed E-state index contributed by atoms with van der Waals surface area (Å²) in [7, 11) is -3.63. The third-order valence-corrected chi connectivity index (χ3v) is 6.05. The molecule has 0 radical (unpaired) electrons. The molecule has 1 atom stereocenters. The van der Waals surface area contributed by atoms with E-state index in [1.807, 2.05) is 13.8 Å². The molecule has 0 aliphatic rings. The average molecular weight is 391 g/mol. The monoisotopic (exact) mass is 390 g/mol. The third-order valence-electron chi connectivity index (χ3n) is 4.13. The second-order valence-electron chi connectivity index (χ2n) is 6.14. The maximum Gasteiger partial charge on any atom is 0.264 e. The van der Waals surface area contributed by atoms with E-state index >= 15 is 0 Å². The summed E-state index contributed by atoms with van der Waals surface area (Å²) < 4.78 is 32.5. The Morgan fingerprint density at radius 3 is 2.26 bits per heavy atom. The maximum absolute atomic E-state index is 12.8. The van der Waals surface area contributed by atoms with Crippen molar-refractivity contribution in [3.8, 4) is 5.75 Å². The Hall–Kier alpha value is -2.54. The van der Waals surface area contributed by atoms with Crippen LogP contribution in [0.4, 0.5) is 5.69 Å². The van der Waals surface area contributed by atoms with Gasteiger partial charge in [0.15, 0.2) is 6.61 Å². The zero-order valence-corrected chi connectivity index (χ0v) is 16.7. The van der Waals surface area contributed by atoms with Crippen LogP contribution in [0, 0.1) is 0 Å². The van der Waals surface area contributed by atoms with Crippen molar-refractivity contribution in [3.63, 3.8) is 0 Å². The van der Waals surface area contributed by atoms with Crippen LogP contribution in [0.15, 0.2) is 59.5 Å². The molecule has 2 aromatic carbocycles. The second kappa shape index (κ2) is 9.41. The first-order valence-electron chi connectivity index (χ1n) is 8.98. The Morgan fingerprint density at radius 2 is 1.70 bits per heavy atom. The number of benzene rings is 2. The highest BCUT2D eigenvalue weighted by Crippen LogP contribution is 2.25. The number of rotatable bonds is 9. The van der Waals surface area contributed by atoms with Crippen molar-refractivity contribution < 1.29 is 17.9 Å². The number of anilines is 1. The number of amides is 1. The van der Waals surface area contributed by atoms with E-state index in [1.165, 1.54) is 4.31 Å². The number of hydrogen-bond donors (Lipinski definition) is 1. The molecule has 0 heterocycles. The number of ether oxygens (including phenoxy) is 1. The van der Waals surface area contributed by atoms with Crippen molar-refractivity contribution in [1.82, 2.24) is 5.32 Å². The van der Waals surface area contributed by atoms with Crippen LogP contribution in [0.2, 0.25) is 0 Å². The lowest BCUT2D eigenvalue weighted by Crippen LogP contribution is -2.35. The summed E-state index contributed by atoms with van der Waals surface area (Å²) in [5.41, 5.74) is 0.540. The molecule has 27 heavy (non-hydrogen) atoms. The normalized spacial score (nSPS) is 12.3. The Bertz CT molecular complexity index is 836. The van der Waals surface area contributed by atoms with Gasteiger partial charge in [0.05, 0.1) is 10.6 Å². The van der Waals surface area contributed by atoms with Crippen LogP contribution in [0.3, 0.4) is 0 Å². The number of nitrogens with one attached hydrogen (secondary N) is 1. The summed E-state index contributed by atoms with van der Waals surface area (Å²) in [4.78, 5) is 12.0. The van der Waals surface area contributed by atoms with Gasteiger partial charge in [-0.15, -0.1) is 0 Å². The van der Waals surface area contributed by atoms with Gasteiger partial charge < -0.3 is 10.1 Å². The molecule has 0 saturated heterocycles. The van der Waals surface area contributed by atoms with Gasteiger partial charge in [0, 0.05) is 12.6 Å². The van der Waals surface area contributed by atoms with Crippen molar-refractivity contribution >= 4 is 21.6 Å². The van der Waals surface area contributed by atoms with E-state index in [-0.39, 0.29) is 23.5 Å². The SMILES string of the molecule is CC[C@@H](C)NC(=O)COc1ccc(N(CC)S(=O)(=O)c2ccccc2)cc1. The first-order chi connectivity index (χ1) is 12.9. The molecule has 0 bridgehead atoms. The summed E-state index contributed by atoms with van der Waals surface area (Å²) in [6.07, 6.45) is 0.850. The van der Waals surface area contributed by atoms with Crippen molar-refractivity contribution in [3.05, 3.63) is 54.6 Å². The summed E-state index contributed by atoms with van der Waals surface area (Å²) >= 11 is 0. The molecule has 0 spiro atoms. The predicted molar refractivity (Wildman–Crippen MR) is 106 cm³/mol. The lowest BCUT2D eigenvalue weighted by atomic mass is 10.2. The number of carbonyl (C=O) groups is 1. The van der Waals surface area contributed by atoms with Gasteiger partial charge in [0.2, 0.25) is 0 Å². The van der Waals surface area contributed by atoms with Gasteiger partial charge in [-0.3, -0.25) is 9.10 Å². The quantitative estimate of drug-likeness (QED) is 0.713. The first-order valence-corrected chi connectivity index (χ1v) is 10.4. The summed E-state index contributed by atoms with van der Waals surface area (Å²) in [6, 6.07) is 15.1. The van der Waals surface area contributed by atoms with Crippen LogP contribution < -0.4 is 14.4 Å². The second-order valence-corrected chi connectivity index (χ2v) is 8.00. The van der Waals surface area contributed by atoms with E-state index < -0.39 is 10.0 Å². The summed E-state index contributed by atoms with van der Waals surface area (Å²) in [6.45, 7) is 5.93. The topological polar surface area (TPSA) is 75.7 Å². The fourth-order valence-electron chi connectivity index (χ4n) is 2.49. The third kappa shape index (κ3) is 5.47. The van der Waals surface area contributed by atoms with Gasteiger partial charge in [-0.2, -0.15) is 0 Å². The molecule has 2 aromatic rings. The van der Waals surface area contributed by atoms with Crippen LogP contribution >= 0.6 is 0 Å². The Balaban J connectivity index is 2.08. The van der Waals surface area contributed by atoms with Crippen LogP contribution in [-0.4, -0.2) is 33.5 Å². The summed E-state index contributed by atoms with van der Waals surface area (Å²) in [5.74, 6) is 0.321. The zero-order chi connectivity index (χ0) is 19.9. The molecule has 0 aliphatic carbocycles. The van der Waals surface area contributed by atoms with E-state index in [9.17, 15) is 13.2 Å². The fraction of sp³-hybridized carbons (Fsp3) is 0.350. The predicted octanol–water partition coefficient (Wildman–Crippen LogP) is 3.20. The van der Waals surface area contributed by atoms with Gasteiger partial charge in [-0.05, 0) is 56.7 Å². The molecule has 0 aromatic heterocycles. The van der Waals surface area contributed by atoms with E-state index in [0.717, 1.165) is 6.42 Å². The smallest absolute Gasteiger partial charge is 0.264 e. The standard InChI is InChI=1S/C20H26N2O4S/c1-4-16(3)21-20(23)15-26-18-13-11-17(12-14-18)22(5-2)27(24,25)19-9-7-6-8-10-19/h6-14,16H,4-5,15H2,1-3H3,(H,21,23)/t16-/m1/s1. The molecule has 0 saturated carbocycles. The highest BCUT2D eigenvalue weighted by Gasteiger charge is 2.23. The lowest BCUT2D eigenvalue weighted by molar-refractivity contribution is -0.123. The van der Waals surface area contributed by atoms with E-state index in [2.05, 4.69) is 5.32 Å². The molecule has 0 unspecified atom stereocenters. The van der Waals surface area contributed by atoms with Gasteiger partial charge in [0.25, 0.3) is 15.9 Å². The number of sulfonamides is 1. The summed E-state index contributed by atoms with van der Waals surface area (Å²) in [5, 5.41) is 2.83. The molecule has 0 aliphatic heterocycles. The average Bonchev–Trinajstić information content (AvgIpc) is 2.68. The van der Waals surface area contributed by atoms with Crippen LogP contribution in [0.5, 0.6) is 5.75 Å². The van der Waals surface area contributed by atoms with Crippen molar-refractivity contribution in [2.75, 3.05) is 17.5 Å². The van der Waals surface area contributed by atoms with Crippen molar-refractivity contribution in [1.29, 1.82) is 0 Å². The highest BCUT2D eigenvalue weighted by atomic mass is 32.2. The van der Waals surface area contributed by atoms with Gasteiger partial charge in [-0.25, -0.2) is 8.42 Å². The molecule has 0 fully saturated rings. The molecule has 1 amide bonds. The largest absolute Gasteiger partial charge is 0.484 e. The number of hydrogen-bond acceptors (Lipinski definition) is 4. The van der Waals surface area contributed by atoms with E-state index in [4.69, 9.17) is 4.74 Å². The van der Waals surface area contributed by atoms with Gasteiger partial charge >= 0.3 is 0 Å². The van der Waals surface area contributed by atoms with Crippen molar-refractivity contribution in [2.24, 2.45) is 0 Å².